The third-order valence-corrected chi connectivity index (χ3v) is 5.67. The molecule has 1 aliphatic rings. The summed E-state index contributed by atoms with van der Waals surface area (Å²) in [5.41, 5.74) is 20.0. The summed E-state index contributed by atoms with van der Waals surface area (Å²) >= 11 is 0. The van der Waals surface area contributed by atoms with Crippen LogP contribution in [0.2, 0.25) is 0 Å². The summed E-state index contributed by atoms with van der Waals surface area (Å²) in [6.07, 6.45) is 6.19. The van der Waals surface area contributed by atoms with E-state index in [9.17, 15) is 13.2 Å². The normalized spacial score (nSPS) is 14.3. The number of halogens is 3. The second-order valence-corrected chi connectivity index (χ2v) is 8.39. The summed E-state index contributed by atoms with van der Waals surface area (Å²) in [6, 6.07) is 13.5. The van der Waals surface area contributed by atoms with Gasteiger partial charge in [-0.25, -0.2) is 0 Å². The lowest BCUT2D eigenvalue weighted by molar-refractivity contribution is -0.138. The lowest BCUT2D eigenvalue weighted by atomic mass is 9.87. The predicted octanol–water partition coefficient (Wildman–Crippen LogP) is 7.66. The van der Waals surface area contributed by atoms with E-state index in [0.29, 0.717) is 11.8 Å². The van der Waals surface area contributed by atoms with Crippen LogP contribution in [0.3, 0.4) is 0 Å². The van der Waals surface area contributed by atoms with E-state index < -0.39 is 11.7 Å². The zero-order chi connectivity index (χ0) is 27.6. The smallest absolute Gasteiger partial charge is 0.402 e. The molecule has 0 amide bonds. The lowest BCUT2D eigenvalue weighted by Gasteiger charge is -2.21. The average molecular weight is 507 g/mol. The second kappa shape index (κ2) is 18.3. The van der Waals surface area contributed by atoms with Crippen molar-refractivity contribution in [2.75, 3.05) is 12.8 Å². The summed E-state index contributed by atoms with van der Waals surface area (Å²) in [5.74, 6) is 1.07. The minimum Gasteiger partial charge on any atom is -0.402 e. The Morgan fingerprint density at radius 3 is 2.00 bits per heavy atom. The summed E-state index contributed by atoms with van der Waals surface area (Å²) in [6.45, 7) is 7.61. The molecule has 4 nitrogen and oxygen atoms in total. The first-order valence-electron chi connectivity index (χ1n) is 12.8. The number of hydrogen-bond donors (Lipinski definition) is 3. The Hall–Kier alpha value is -2.96. The number of rotatable bonds is 4. The van der Waals surface area contributed by atoms with Crippen molar-refractivity contribution >= 4 is 11.5 Å². The van der Waals surface area contributed by atoms with Gasteiger partial charge in [0.1, 0.15) is 5.84 Å². The van der Waals surface area contributed by atoms with E-state index in [1.165, 1.54) is 56.7 Å². The first-order chi connectivity index (χ1) is 17.1. The quantitative estimate of drug-likeness (QED) is 0.226. The molecule has 0 aromatic heterocycles. The highest BCUT2D eigenvalue weighted by Crippen LogP contribution is 2.31. The molecule has 0 bridgehead atoms. The molecular weight excluding hydrogens is 461 g/mol. The number of nitrogens with two attached hydrogens (primary N) is 3. The van der Waals surface area contributed by atoms with E-state index >= 15 is 0 Å². The van der Waals surface area contributed by atoms with Crippen LogP contribution in [0.5, 0.6) is 0 Å². The van der Waals surface area contributed by atoms with Gasteiger partial charge in [0.25, 0.3) is 0 Å². The van der Waals surface area contributed by atoms with Crippen molar-refractivity contribution in [3.8, 4) is 0 Å². The third-order valence-electron chi connectivity index (χ3n) is 5.67. The molecule has 0 spiro atoms. The van der Waals surface area contributed by atoms with E-state index in [1.807, 2.05) is 32.0 Å². The molecule has 2 aromatic carbocycles. The van der Waals surface area contributed by atoms with Crippen LogP contribution in [0.25, 0.3) is 0 Å². The number of anilines is 1. The molecule has 1 saturated carbocycles. The first-order valence-corrected chi connectivity index (χ1v) is 12.8. The molecule has 0 aliphatic heterocycles. The molecule has 1 fully saturated rings. The Morgan fingerprint density at radius 2 is 1.53 bits per heavy atom. The molecule has 0 atom stereocenters. The number of nitrogens with zero attached hydrogens (tertiary/aromatic N) is 1. The number of amidine groups is 1. The van der Waals surface area contributed by atoms with Crippen LogP contribution in [0.1, 0.15) is 76.0 Å². The van der Waals surface area contributed by atoms with Crippen LogP contribution in [-0.2, 0) is 12.6 Å². The minimum atomic E-state index is -4.22. The summed E-state index contributed by atoms with van der Waals surface area (Å²) < 4.78 is 36.1. The van der Waals surface area contributed by atoms with Gasteiger partial charge in [-0.1, -0.05) is 82.9 Å². The monoisotopic (exact) mass is 506 g/mol. The SMILES string of the molecule is CC.CCCc1ccccc1N.CN=C(N)/C=C(\N)C1CCCCC1.Cc1ccccc1C(F)(F)F. The van der Waals surface area contributed by atoms with Gasteiger partial charge in [0.15, 0.2) is 0 Å². The standard InChI is InChI=1S/C10H19N3.C9H13N.C8H7F3.C2H6/c1-13-10(12)7-9(11)8-5-3-2-4-6-8;1-2-5-8-6-3-4-7-9(8)10;1-6-4-2-3-5-7(6)8(9,10)11;1-2/h7-8H,2-6,11H2,1H3,(H2,12,13);3-4,6-7H,2,5,10H2,1H3;2-5H,1H3;1-2H3/b9-7-;;;. The van der Waals surface area contributed by atoms with Gasteiger partial charge >= 0.3 is 6.18 Å². The van der Waals surface area contributed by atoms with Gasteiger partial charge in [-0.2, -0.15) is 13.2 Å². The van der Waals surface area contributed by atoms with Crippen LogP contribution in [0.15, 0.2) is 65.3 Å². The molecule has 0 heterocycles. The molecular formula is C29H45F3N4. The van der Waals surface area contributed by atoms with E-state index in [0.717, 1.165) is 30.3 Å². The molecule has 0 radical (unpaired) electrons. The van der Waals surface area contributed by atoms with Gasteiger partial charge in [-0.3, -0.25) is 4.99 Å². The highest BCUT2D eigenvalue weighted by atomic mass is 19.4. The minimum absolute atomic E-state index is 0.264. The molecule has 202 valence electrons. The summed E-state index contributed by atoms with van der Waals surface area (Å²) in [7, 11) is 1.68. The predicted molar refractivity (Wildman–Crippen MR) is 149 cm³/mol. The highest BCUT2D eigenvalue weighted by Gasteiger charge is 2.31. The number of alkyl halides is 3. The Bertz CT molecular complexity index is 915. The number of para-hydroxylation sites is 1. The second-order valence-electron chi connectivity index (χ2n) is 8.39. The number of aliphatic imine (C=N–C) groups is 1. The van der Waals surface area contributed by atoms with Crippen LogP contribution >= 0.6 is 0 Å². The van der Waals surface area contributed by atoms with Gasteiger partial charge in [0, 0.05) is 18.4 Å². The van der Waals surface area contributed by atoms with E-state index in [1.54, 1.807) is 19.2 Å². The van der Waals surface area contributed by atoms with Crippen LogP contribution in [0.4, 0.5) is 18.9 Å². The fourth-order valence-corrected chi connectivity index (χ4v) is 3.71. The van der Waals surface area contributed by atoms with E-state index in [4.69, 9.17) is 17.2 Å². The molecule has 1 aliphatic carbocycles. The average Bonchev–Trinajstić information content (AvgIpc) is 2.87. The van der Waals surface area contributed by atoms with Crippen LogP contribution in [-0.4, -0.2) is 12.9 Å². The molecule has 0 unspecified atom stereocenters. The van der Waals surface area contributed by atoms with Crippen LogP contribution < -0.4 is 17.2 Å². The topological polar surface area (TPSA) is 90.4 Å². The van der Waals surface area contributed by atoms with E-state index in [-0.39, 0.29) is 5.56 Å². The fourth-order valence-electron chi connectivity index (χ4n) is 3.71. The first kappa shape index (κ1) is 33.0. The van der Waals surface area contributed by atoms with Crippen molar-refractivity contribution in [2.45, 2.75) is 78.8 Å². The Labute approximate surface area is 215 Å². The largest absolute Gasteiger partial charge is 0.416 e. The third kappa shape index (κ3) is 13.2. The lowest BCUT2D eigenvalue weighted by Crippen LogP contribution is -2.19. The zero-order valence-electron chi connectivity index (χ0n) is 22.5. The maximum Gasteiger partial charge on any atom is 0.416 e. The number of allylic oxidation sites excluding steroid dienone is 1. The number of benzene rings is 2. The summed E-state index contributed by atoms with van der Waals surface area (Å²) in [4.78, 5) is 3.86. The molecule has 3 rings (SSSR count). The van der Waals surface area contributed by atoms with Gasteiger partial charge in [0.05, 0.1) is 5.56 Å². The molecule has 2 aromatic rings. The molecule has 0 saturated heterocycles. The van der Waals surface area contributed by atoms with Crippen molar-refractivity contribution in [3.05, 3.63) is 77.0 Å². The molecule has 36 heavy (non-hydrogen) atoms. The maximum absolute atomic E-state index is 12.0. The van der Waals surface area contributed by atoms with Gasteiger partial charge in [-0.05, 0) is 61.4 Å². The van der Waals surface area contributed by atoms with Crippen molar-refractivity contribution < 1.29 is 13.2 Å². The number of nitrogen functional groups attached to an aromatic ring is 1. The molecule has 6 N–H and O–H groups in total. The summed E-state index contributed by atoms with van der Waals surface area (Å²) in [5, 5.41) is 0. The van der Waals surface area contributed by atoms with Gasteiger partial charge < -0.3 is 17.2 Å². The molecule has 7 heteroatoms. The zero-order valence-corrected chi connectivity index (χ0v) is 22.5. The fraction of sp³-hybridized carbons (Fsp3) is 0.483. The highest BCUT2D eigenvalue weighted by molar-refractivity contribution is 5.91. The Morgan fingerprint density at radius 1 is 0.972 bits per heavy atom. The van der Waals surface area contributed by atoms with Gasteiger partial charge in [-0.15, -0.1) is 0 Å². The Kier molecular flexibility index (Phi) is 16.8. The van der Waals surface area contributed by atoms with Crippen molar-refractivity contribution in [3.63, 3.8) is 0 Å². The van der Waals surface area contributed by atoms with Crippen molar-refractivity contribution in [1.29, 1.82) is 0 Å². The van der Waals surface area contributed by atoms with Crippen molar-refractivity contribution in [1.82, 2.24) is 0 Å². The van der Waals surface area contributed by atoms with E-state index in [2.05, 4.69) is 18.0 Å². The Balaban J connectivity index is 0.000000497. The number of hydrogen-bond acceptors (Lipinski definition) is 3. The number of aryl methyl sites for hydroxylation is 2. The van der Waals surface area contributed by atoms with Crippen LogP contribution in [0, 0.1) is 12.8 Å². The van der Waals surface area contributed by atoms with Gasteiger partial charge in [0.2, 0.25) is 0 Å². The maximum atomic E-state index is 12.0. The van der Waals surface area contributed by atoms with Crippen molar-refractivity contribution in [2.24, 2.45) is 22.4 Å².